The molecule has 0 aromatic heterocycles. The summed E-state index contributed by atoms with van der Waals surface area (Å²) in [5, 5.41) is 2.14. The first-order valence-electron chi connectivity index (χ1n) is 5.88. The van der Waals surface area contributed by atoms with Crippen LogP contribution in [0.4, 0.5) is 5.69 Å². The highest BCUT2D eigenvalue weighted by Gasteiger charge is 2.27. The van der Waals surface area contributed by atoms with Crippen LogP contribution in [0.2, 0.25) is 0 Å². The number of anilines is 1. The Bertz CT molecular complexity index is 672. The molecule has 1 unspecified atom stereocenters. The number of carbonyl (C=O) groups excluding carboxylic acids is 2. The van der Waals surface area contributed by atoms with Gasteiger partial charge in [0.15, 0.2) is 0 Å². The number of halogens is 1. The number of benzene rings is 1. The molecule has 1 heterocycles. The minimum Gasteiger partial charge on any atom is -0.288 e. The Morgan fingerprint density at radius 2 is 1.90 bits per heavy atom. The fraction of sp³-hybridized carbons (Fsp3) is 0.333. The zero-order valence-corrected chi connectivity index (χ0v) is 12.2. The Kier molecular flexibility index (Phi) is 4.01. The maximum atomic E-state index is 11.9. The summed E-state index contributed by atoms with van der Waals surface area (Å²) in [7, 11) is -3.55. The smallest absolute Gasteiger partial charge is 0.259 e. The van der Waals surface area contributed by atoms with Crippen LogP contribution < -0.4 is 10.0 Å². The summed E-state index contributed by atoms with van der Waals surface area (Å²) in [5.74, 6) is -1.07. The number of alkyl halides is 1. The molecule has 2 rings (SSSR count). The molecule has 0 fully saturated rings. The molecule has 0 aliphatic carbocycles. The van der Waals surface area contributed by atoms with E-state index in [9.17, 15) is 18.0 Å². The van der Waals surface area contributed by atoms with Gasteiger partial charge in [-0.3, -0.25) is 19.6 Å². The van der Waals surface area contributed by atoms with Crippen LogP contribution >= 0.6 is 11.6 Å². The highest BCUT2D eigenvalue weighted by atomic mass is 35.5. The second-order valence-electron chi connectivity index (χ2n) is 4.69. The predicted octanol–water partition coefficient (Wildman–Crippen LogP) is 1.19. The maximum absolute atomic E-state index is 11.9. The van der Waals surface area contributed by atoms with Gasteiger partial charge in [0, 0.05) is 11.6 Å². The van der Waals surface area contributed by atoms with E-state index in [1.165, 1.54) is 18.2 Å². The lowest BCUT2D eigenvalue weighted by Gasteiger charge is -2.11. The van der Waals surface area contributed by atoms with Crippen molar-refractivity contribution in [2.75, 3.05) is 16.4 Å². The third-order valence-corrected chi connectivity index (χ3v) is 4.86. The molecule has 1 aromatic carbocycles. The highest BCUT2D eigenvalue weighted by Crippen LogP contribution is 2.21. The number of hydrogen-bond acceptors (Lipinski definition) is 4. The molecule has 0 saturated carbocycles. The first-order valence-corrected chi connectivity index (χ1v) is 8.07. The van der Waals surface area contributed by atoms with E-state index in [4.69, 9.17) is 11.6 Å². The van der Waals surface area contributed by atoms with Crippen LogP contribution in [0.25, 0.3) is 0 Å². The third kappa shape index (κ3) is 3.10. The van der Waals surface area contributed by atoms with E-state index in [-0.39, 0.29) is 34.4 Å². The molecule has 1 aliphatic rings. The van der Waals surface area contributed by atoms with Crippen LogP contribution in [0.5, 0.6) is 0 Å². The lowest BCUT2D eigenvalue weighted by atomic mass is 10.1. The highest BCUT2D eigenvalue weighted by molar-refractivity contribution is 7.92. The first-order chi connectivity index (χ1) is 9.32. The molecular weight excluding hydrogens is 304 g/mol. The van der Waals surface area contributed by atoms with Gasteiger partial charge in [0.2, 0.25) is 10.0 Å². The molecule has 20 heavy (non-hydrogen) atoms. The van der Waals surface area contributed by atoms with Crippen molar-refractivity contribution in [1.82, 2.24) is 5.32 Å². The van der Waals surface area contributed by atoms with Gasteiger partial charge in [-0.15, -0.1) is 11.6 Å². The largest absolute Gasteiger partial charge is 0.288 e. The molecule has 1 aromatic rings. The average Bonchev–Trinajstić information content (AvgIpc) is 2.63. The van der Waals surface area contributed by atoms with Gasteiger partial charge >= 0.3 is 0 Å². The number of nitrogens with one attached hydrogen (secondary N) is 2. The first kappa shape index (κ1) is 14.8. The summed E-state index contributed by atoms with van der Waals surface area (Å²) >= 11 is 5.59. The van der Waals surface area contributed by atoms with E-state index in [1.54, 1.807) is 6.92 Å². The number of rotatable bonds is 5. The number of hydrogen-bond donors (Lipinski definition) is 2. The Morgan fingerprint density at radius 1 is 1.25 bits per heavy atom. The average molecular weight is 317 g/mol. The molecule has 0 saturated heterocycles. The Hall–Kier alpha value is -1.60. The summed E-state index contributed by atoms with van der Waals surface area (Å²) in [6.07, 6.45) is 0. The van der Waals surface area contributed by atoms with Crippen molar-refractivity contribution in [2.45, 2.75) is 6.92 Å². The van der Waals surface area contributed by atoms with Gasteiger partial charge in [-0.1, -0.05) is 6.92 Å². The van der Waals surface area contributed by atoms with E-state index < -0.39 is 21.8 Å². The molecule has 0 spiro atoms. The number of fused-ring (bicyclic) bond motifs is 1. The van der Waals surface area contributed by atoms with Crippen molar-refractivity contribution in [3.63, 3.8) is 0 Å². The van der Waals surface area contributed by atoms with Gasteiger partial charge in [-0.25, -0.2) is 8.42 Å². The van der Waals surface area contributed by atoms with Crippen molar-refractivity contribution < 1.29 is 18.0 Å². The van der Waals surface area contributed by atoms with Crippen molar-refractivity contribution in [2.24, 2.45) is 5.92 Å². The summed E-state index contributed by atoms with van der Waals surface area (Å²) in [4.78, 5) is 22.9. The minimum absolute atomic E-state index is 0.112. The van der Waals surface area contributed by atoms with Gasteiger partial charge in [0.25, 0.3) is 11.8 Å². The monoisotopic (exact) mass is 316 g/mol. The van der Waals surface area contributed by atoms with E-state index in [0.29, 0.717) is 0 Å². The van der Waals surface area contributed by atoms with Crippen molar-refractivity contribution in [3.8, 4) is 0 Å². The maximum Gasteiger partial charge on any atom is 0.259 e. The minimum atomic E-state index is -3.55. The van der Waals surface area contributed by atoms with Crippen LogP contribution in [0.3, 0.4) is 0 Å². The Balaban J connectivity index is 2.22. The molecule has 6 nitrogen and oxygen atoms in total. The van der Waals surface area contributed by atoms with Gasteiger partial charge in [-0.05, 0) is 24.1 Å². The number of sulfonamides is 1. The molecule has 0 bridgehead atoms. The van der Waals surface area contributed by atoms with Gasteiger partial charge in [-0.2, -0.15) is 0 Å². The summed E-state index contributed by atoms with van der Waals surface area (Å²) < 4.78 is 26.1. The molecule has 8 heteroatoms. The Labute approximate surface area is 121 Å². The van der Waals surface area contributed by atoms with E-state index >= 15 is 0 Å². The normalized spacial score (nSPS) is 15.7. The third-order valence-electron chi connectivity index (χ3n) is 2.78. The quantitative estimate of drug-likeness (QED) is 0.630. The number of carbonyl (C=O) groups is 2. The van der Waals surface area contributed by atoms with E-state index in [2.05, 4.69) is 10.0 Å². The molecule has 2 N–H and O–H groups in total. The Morgan fingerprint density at radius 3 is 2.55 bits per heavy atom. The van der Waals surface area contributed by atoms with Crippen molar-refractivity contribution in [3.05, 3.63) is 29.3 Å². The topological polar surface area (TPSA) is 92.3 Å². The molecule has 0 radical (unpaired) electrons. The van der Waals surface area contributed by atoms with Crippen LogP contribution in [0.1, 0.15) is 27.6 Å². The second kappa shape index (κ2) is 5.41. The van der Waals surface area contributed by atoms with Crippen LogP contribution in [-0.4, -0.2) is 31.9 Å². The van der Waals surface area contributed by atoms with E-state index in [0.717, 1.165) is 0 Å². The molecule has 108 valence electrons. The zero-order valence-electron chi connectivity index (χ0n) is 10.6. The fourth-order valence-electron chi connectivity index (χ4n) is 1.87. The van der Waals surface area contributed by atoms with Crippen molar-refractivity contribution in [1.29, 1.82) is 0 Å². The lowest BCUT2D eigenvalue weighted by Crippen LogP contribution is -2.22. The van der Waals surface area contributed by atoms with Gasteiger partial charge in [0.1, 0.15) is 0 Å². The van der Waals surface area contributed by atoms with Crippen LogP contribution in [-0.2, 0) is 10.0 Å². The fourth-order valence-corrected chi connectivity index (χ4v) is 3.55. The summed E-state index contributed by atoms with van der Waals surface area (Å²) in [6.45, 7) is 1.72. The van der Waals surface area contributed by atoms with Crippen LogP contribution in [0.15, 0.2) is 18.2 Å². The standard InChI is InChI=1S/C12H13ClN2O4S/c1-7(5-13)6-20(18,19)15-8-2-3-9-10(4-8)12(17)14-11(9)16/h2-4,7,15H,5-6H2,1H3,(H,14,16,17). The molecule has 1 aliphatic heterocycles. The zero-order chi connectivity index (χ0) is 14.9. The number of imide groups is 1. The summed E-state index contributed by atoms with van der Waals surface area (Å²) in [5.41, 5.74) is 0.656. The van der Waals surface area contributed by atoms with Gasteiger partial charge < -0.3 is 0 Å². The predicted molar refractivity (Wildman–Crippen MR) is 75.5 cm³/mol. The number of amides is 2. The SMILES string of the molecule is CC(CCl)CS(=O)(=O)Nc1ccc2c(c1)C(=O)NC2=O. The second-order valence-corrected chi connectivity index (χ2v) is 6.76. The summed E-state index contributed by atoms with van der Waals surface area (Å²) in [6, 6.07) is 4.21. The van der Waals surface area contributed by atoms with Gasteiger partial charge in [0.05, 0.1) is 16.9 Å². The van der Waals surface area contributed by atoms with E-state index in [1.807, 2.05) is 0 Å². The lowest BCUT2D eigenvalue weighted by molar-refractivity contribution is 0.0879. The van der Waals surface area contributed by atoms with Crippen molar-refractivity contribution >= 4 is 39.1 Å². The molecule has 1 atom stereocenters. The molecular formula is C12H13ClN2O4S. The van der Waals surface area contributed by atoms with Crippen LogP contribution in [0, 0.1) is 5.92 Å². The molecule has 2 amide bonds.